The van der Waals surface area contributed by atoms with Crippen LogP contribution in [0.15, 0.2) is 85.2 Å². The normalized spacial score (nSPS) is 24.9. The lowest BCUT2D eigenvalue weighted by Gasteiger charge is -2.36. The van der Waals surface area contributed by atoms with Gasteiger partial charge in [-0.25, -0.2) is 0 Å². The van der Waals surface area contributed by atoms with Crippen molar-refractivity contribution in [3.63, 3.8) is 0 Å². The fourth-order valence-corrected chi connectivity index (χ4v) is 17.2. The first-order valence-electron chi connectivity index (χ1n) is 44.7. The molecule has 0 radical (unpaired) electrons. The van der Waals surface area contributed by atoms with Crippen LogP contribution in [0.4, 0.5) is 0 Å². The number of nitrogens with zero attached hydrogens (tertiary/aromatic N) is 5. The molecule has 3 aliphatic heterocycles. The van der Waals surface area contributed by atoms with Gasteiger partial charge in [-0.1, -0.05) is 88.1 Å². The molecule has 2 aromatic heterocycles. The van der Waals surface area contributed by atoms with Gasteiger partial charge in [-0.3, -0.25) is 86.3 Å². The number of thioether (sulfide) groups is 1. The lowest BCUT2D eigenvalue weighted by Crippen LogP contribution is -2.61. The number of carboxylic acids is 2. The Morgan fingerprint density at radius 3 is 1.64 bits per heavy atom. The average Bonchev–Trinajstić information content (AvgIpc) is 1.73. The van der Waals surface area contributed by atoms with Crippen molar-refractivity contribution in [2.75, 3.05) is 79.0 Å². The van der Waals surface area contributed by atoms with Crippen LogP contribution in [-0.2, 0) is 106 Å². The van der Waals surface area contributed by atoms with Crippen molar-refractivity contribution in [3.05, 3.63) is 102 Å². The molecule has 726 valence electrons. The Hall–Kier alpha value is -12.8. The van der Waals surface area contributed by atoms with Crippen LogP contribution in [0.1, 0.15) is 140 Å². The fraction of sp³-hybridized carbons (Fsp3) is 0.551. The SMILES string of the molecule is CCCC[C@H]1C(=O)N(C)[C@@H](CCCC)C(=O)N[C@@H](CCC(=O)O)C(=O)N[C@H](C(=O)NCC(N)=O)CSCC(=O)N[C@@H](Cc2ccc(OC)cc2)C(=O)N(C)[C@@H](C)C(=O)N[C@@H](CC(=O)O)C(=O)N2CCC[C@H]2C(=O)N[C@@H](CN)C(=O)N[C@@H](CCCCN)C(=O)N2C[C@H](O)C[C@H]2C(=O)N[C@@H](Cc2c[nH]c3ccccc23)C(=O)NC(CCN)C(=O)N[C@@H](Cc2c[nH]c3ccccc23)C(=O)N1C. The molecule has 23 N–H and O–H groups in total. The molecule has 3 aromatic carbocycles. The number of aromatic amines is 2. The van der Waals surface area contributed by atoms with E-state index in [0.717, 1.165) is 36.3 Å². The van der Waals surface area contributed by atoms with Gasteiger partial charge in [0.15, 0.2) is 0 Å². The number of aliphatic hydroxyl groups excluding tert-OH is 1. The predicted molar refractivity (Wildman–Crippen MR) is 488 cm³/mol. The van der Waals surface area contributed by atoms with Crippen molar-refractivity contribution in [3.8, 4) is 5.75 Å². The number of nitrogens with one attached hydrogen (secondary N) is 12. The number of likely N-dealkylation sites (N-methyl/N-ethyl adjacent to an activating group) is 3. The lowest BCUT2D eigenvalue weighted by molar-refractivity contribution is -0.149. The van der Waals surface area contributed by atoms with E-state index < -0.39 is 254 Å². The number of methoxy groups -OCH3 is 1. The number of para-hydroxylation sites is 2. The lowest BCUT2D eigenvalue weighted by atomic mass is 9.99. The third kappa shape index (κ3) is 29.6. The molecule has 5 heterocycles. The maximum absolute atomic E-state index is 15.8. The molecule has 43 nitrogen and oxygen atoms in total. The van der Waals surface area contributed by atoms with E-state index in [0.29, 0.717) is 69.9 Å². The maximum atomic E-state index is 15.8. The minimum Gasteiger partial charge on any atom is -0.497 e. The average molecular weight is 1880 g/mol. The van der Waals surface area contributed by atoms with Gasteiger partial charge in [0.2, 0.25) is 94.5 Å². The van der Waals surface area contributed by atoms with E-state index >= 15 is 33.6 Å². The zero-order valence-corrected chi connectivity index (χ0v) is 76.7. The van der Waals surface area contributed by atoms with Crippen LogP contribution < -0.4 is 80.8 Å². The Balaban J connectivity index is 1.19. The number of benzene rings is 3. The van der Waals surface area contributed by atoms with Crippen molar-refractivity contribution in [2.24, 2.45) is 22.9 Å². The van der Waals surface area contributed by atoms with Gasteiger partial charge in [0.25, 0.3) is 0 Å². The van der Waals surface area contributed by atoms with E-state index in [-0.39, 0.29) is 90.3 Å². The molecule has 5 aromatic rings. The number of unbranched alkanes of at least 4 members (excludes halogenated alkanes) is 3. The van der Waals surface area contributed by atoms with Gasteiger partial charge in [-0.15, -0.1) is 11.8 Å². The molecule has 0 aliphatic carbocycles. The summed E-state index contributed by atoms with van der Waals surface area (Å²) in [6.45, 7) is 2.77. The highest BCUT2D eigenvalue weighted by Gasteiger charge is 2.47. The number of hydrogen-bond acceptors (Lipinski definition) is 24. The Morgan fingerprint density at radius 2 is 1.04 bits per heavy atom. The fourth-order valence-electron chi connectivity index (χ4n) is 16.3. The summed E-state index contributed by atoms with van der Waals surface area (Å²) in [5.74, 6) is -19.1. The van der Waals surface area contributed by atoms with Gasteiger partial charge < -0.3 is 131 Å². The molecule has 16 amide bonds. The molecule has 3 saturated heterocycles. The van der Waals surface area contributed by atoms with Crippen molar-refractivity contribution >= 4 is 140 Å². The molecule has 3 aliphatic rings. The first kappa shape index (κ1) is 106. The molecule has 44 heteroatoms. The summed E-state index contributed by atoms with van der Waals surface area (Å²) in [6, 6.07) is -1.69. The second-order valence-electron chi connectivity index (χ2n) is 33.5. The quantitative estimate of drug-likeness (QED) is 0.0222. The largest absolute Gasteiger partial charge is 0.497 e. The smallest absolute Gasteiger partial charge is 0.305 e. The Kier molecular flexibility index (Phi) is 40.7. The van der Waals surface area contributed by atoms with E-state index in [2.05, 4.69) is 63.1 Å². The second kappa shape index (κ2) is 51.3. The van der Waals surface area contributed by atoms with Crippen LogP contribution in [0, 0.1) is 0 Å². The van der Waals surface area contributed by atoms with E-state index in [1.807, 2.05) is 6.92 Å². The van der Waals surface area contributed by atoms with E-state index in [1.54, 1.807) is 92.1 Å². The number of amides is 16. The molecule has 8 rings (SSSR count). The standard InChI is InChI=1S/C89H127N21O22S/c1-8-10-24-68-82(124)99-59(31-32-74(114)115)78(120)105-67(77(119)96-45-72(93)112)47-133-48-73(113)97-63(37-50-27-29-54(132-7)30-28-50)85(127)106(4)49(3)76(118)102-65(41-75(116)117)88(130)109-36-18-26-69(109)83(125)104-66(42-92)81(123)100-61(23-16-17-34-90)87(129)110-46-53(111)40-71(110)84(126)101-62(38-51-43-94-57-21-14-12-19-55(51)57)80(122)98-60(33-35-91)79(121)103-64(39-52-44-95-58-22-15-13-20-56(52)58)86(128)108(6)70(25-11-9-2)89(131)107(68)5/h12-15,19-22,27-30,43-44,49,53,59-71,94-95,111H,8-11,16-18,23-26,31-42,45-48,90-92H2,1-7H3,(H2,93,112)(H,96,119)(H,97,113)(H,98,122)(H,99,124)(H,100,123)(H,101,126)(H,102,118)(H,103,121)(H,104,125)(H,105,120)(H,114,115)(H,116,117)/t49-,53+,59-,60?,61-,62-,63-,64-,65-,66-,67-,68-,69-,70-,71-/m0/s1. The van der Waals surface area contributed by atoms with Crippen molar-refractivity contribution in [1.29, 1.82) is 0 Å². The summed E-state index contributed by atoms with van der Waals surface area (Å²) < 4.78 is 5.32. The van der Waals surface area contributed by atoms with Crippen molar-refractivity contribution in [1.82, 2.24) is 87.6 Å². The highest BCUT2D eigenvalue weighted by molar-refractivity contribution is 8.00. The summed E-state index contributed by atoms with van der Waals surface area (Å²) in [6.07, 6.45) is -0.00588. The van der Waals surface area contributed by atoms with E-state index in [1.165, 1.54) is 35.2 Å². The van der Waals surface area contributed by atoms with Crippen LogP contribution in [0.5, 0.6) is 5.75 Å². The number of H-pyrrole nitrogens is 2. The van der Waals surface area contributed by atoms with Crippen molar-refractivity contribution in [2.45, 2.75) is 233 Å². The van der Waals surface area contributed by atoms with Gasteiger partial charge in [0, 0.05) is 113 Å². The first-order chi connectivity index (χ1) is 63.4. The van der Waals surface area contributed by atoms with E-state index in [9.17, 15) is 68.1 Å². The van der Waals surface area contributed by atoms with Crippen LogP contribution in [0.3, 0.4) is 0 Å². The van der Waals surface area contributed by atoms with Gasteiger partial charge >= 0.3 is 11.9 Å². The van der Waals surface area contributed by atoms with Crippen molar-refractivity contribution < 1.29 is 106 Å². The number of hydrogen-bond donors (Lipinski definition) is 19. The van der Waals surface area contributed by atoms with Crippen LogP contribution in [-0.4, -0.2) is 326 Å². The molecule has 0 bridgehead atoms. The number of carbonyl (C=O) groups is 18. The number of aliphatic hydroxyl groups is 1. The Morgan fingerprint density at radius 1 is 0.511 bits per heavy atom. The van der Waals surface area contributed by atoms with Gasteiger partial charge in [0.05, 0.1) is 31.9 Å². The molecule has 0 saturated carbocycles. The molecular formula is C89H127N21O22S. The van der Waals surface area contributed by atoms with Crippen LogP contribution in [0.2, 0.25) is 0 Å². The highest BCUT2D eigenvalue weighted by Crippen LogP contribution is 2.28. The van der Waals surface area contributed by atoms with E-state index in [4.69, 9.17) is 27.7 Å². The Bertz CT molecular complexity index is 4960. The number of rotatable bonds is 28. The van der Waals surface area contributed by atoms with Crippen LogP contribution >= 0.6 is 11.8 Å². The van der Waals surface area contributed by atoms with Gasteiger partial charge in [-0.2, -0.15) is 0 Å². The van der Waals surface area contributed by atoms with Gasteiger partial charge in [0.1, 0.15) is 90.3 Å². The second-order valence-corrected chi connectivity index (χ2v) is 34.6. The molecule has 15 atom stereocenters. The summed E-state index contributed by atoms with van der Waals surface area (Å²) in [5.41, 5.74) is 26.5. The summed E-state index contributed by atoms with van der Waals surface area (Å²) in [7, 11) is 5.26. The summed E-state index contributed by atoms with van der Waals surface area (Å²) in [5, 5.41) is 58.9. The number of primary amides is 1. The summed E-state index contributed by atoms with van der Waals surface area (Å²) >= 11 is 0.719. The zero-order chi connectivity index (χ0) is 97.4. The Labute approximate surface area is 773 Å². The number of aromatic nitrogens is 2. The monoisotopic (exact) mass is 1870 g/mol. The van der Waals surface area contributed by atoms with Crippen LogP contribution in [0.25, 0.3) is 21.8 Å². The minimum absolute atomic E-state index is 0.0218. The molecule has 3 fully saturated rings. The molecule has 133 heavy (non-hydrogen) atoms. The molecule has 1 unspecified atom stereocenters. The third-order valence-corrected chi connectivity index (χ3v) is 25.0. The summed E-state index contributed by atoms with van der Waals surface area (Å²) in [4.78, 5) is 272. The number of aliphatic carboxylic acids is 2. The minimum atomic E-state index is -1.90. The third-order valence-electron chi connectivity index (χ3n) is 23.9. The highest BCUT2D eigenvalue weighted by atomic mass is 32.2. The van der Waals surface area contributed by atoms with Gasteiger partial charge in [-0.05, 0) is 119 Å². The maximum Gasteiger partial charge on any atom is 0.305 e. The number of nitrogens with two attached hydrogens (primary N) is 4. The molecular weight excluding hydrogens is 1750 g/mol. The molecule has 0 spiro atoms. The number of carboxylic acid groups (broad SMARTS) is 2. The topological polar surface area (TPSA) is 649 Å². The first-order valence-corrected chi connectivity index (χ1v) is 45.8. The number of fused-ring (bicyclic) bond motifs is 4. The predicted octanol–water partition coefficient (Wildman–Crippen LogP) is -2.99. The zero-order valence-electron chi connectivity index (χ0n) is 75.9. The number of ether oxygens (including phenoxy) is 1. The number of carbonyl (C=O) groups excluding carboxylic acids is 16.